The Morgan fingerprint density at radius 3 is 2.53 bits per heavy atom. The fourth-order valence-corrected chi connectivity index (χ4v) is 2.04. The summed E-state index contributed by atoms with van der Waals surface area (Å²) >= 11 is 0. The summed E-state index contributed by atoms with van der Waals surface area (Å²) in [7, 11) is 0. The third-order valence-corrected chi connectivity index (χ3v) is 3.08. The molecule has 3 N–H and O–H groups in total. The van der Waals surface area contributed by atoms with Crippen LogP contribution >= 0.6 is 0 Å². The van der Waals surface area contributed by atoms with E-state index in [0.29, 0.717) is 6.04 Å². The van der Waals surface area contributed by atoms with Gasteiger partial charge in [-0.1, -0.05) is 27.2 Å². The number of aromatic nitrogens is 2. The van der Waals surface area contributed by atoms with Crippen molar-refractivity contribution in [2.75, 3.05) is 11.1 Å². The Morgan fingerprint density at radius 1 is 1.29 bits per heavy atom. The quantitative estimate of drug-likeness (QED) is 0.767. The van der Waals surface area contributed by atoms with Gasteiger partial charge in [-0.05, 0) is 26.2 Å². The normalized spacial score (nSPS) is 12.7. The summed E-state index contributed by atoms with van der Waals surface area (Å²) in [5.74, 6) is 1.00. The Balaban J connectivity index is 2.86. The lowest BCUT2D eigenvalue weighted by atomic mass is 10.1. The molecule has 1 heterocycles. The standard InChI is InChI=1S/C13H26N4/c1-5-8-11(7-3)15-13-12(14)10(4)16-17(13)9-6-2/h11,15H,5-9,14H2,1-4H3. The number of nitrogen functional groups attached to an aromatic ring is 1. The minimum Gasteiger partial charge on any atom is -0.394 e. The summed E-state index contributed by atoms with van der Waals surface area (Å²) in [6.45, 7) is 9.45. The number of hydrogen-bond acceptors (Lipinski definition) is 3. The van der Waals surface area contributed by atoms with E-state index in [9.17, 15) is 0 Å². The van der Waals surface area contributed by atoms with Gasteiger partial charge in [-0.3, -0.25) is 0 Å². The molecular weight excluding hydrogens is 212 g/mol. The second-order valence-corrected chi connectivity index (χ2v) is 4.61. The van der Waals surface area contributed by atoms with Crippen LogP contribution in [0.1, 0.15) is 52.1 Å². The SMILES string of the molecule is CCCC(CC)Nc1c(N)c(C)nn1CCC. The number of rotatable bonds is 7. The van der Waals surface area contributed by atoms with Gasteiger partial charge < -0.3 is 11.1 Å². The highest BCUT2D eigenvalue weighted by molar-refractivity contribution is 5.65. The van der Waals surface area contributed by atoms with E-state index in [4.69, 9.17) is 5.73 Å². The zero-order valence-corrected chi connectivity index (χ0v) is 11.6. The molecule has 98 valence electrons. The first-order chi connectivity index (χ1) is 8.13. The van der Waals surface area contributed by atoms with E-state index < -0.39 is 0 Å². The minimum absolute atomic E-state index is 0.494. The third kappa shape index (κ3) is 3.38. The summed E-state index contributed by atoms with van der Waals surface area (Å²) in [5.41, 5.74) is 7.81. The summed E-state index contributed by atoms with van der Waals surface area (Å²) in [6.07, 6.45) is 4.54. The largest absolute Gasteiger partial charge is 0.394 e. The Morgan fingerprint density at radius 2 is 2.00 bits per heavy atom. The Kier molecular flexibility index (Phi) is 5.32. The molecule has 0 bridgehead atoms. The maximum absolute atomic E-state index is 6.09. The van der Waals surface area contributed by atoms with Crippen LogP contribution in [0.4, 0.5) is 11.5 Å². The number of aryl methyl sites for hydroxylation is 2. The van der Waals surface area contributed by atoms with E-state index in [0.717, 1.165) is 36.6 Å². The molecule has 0 radical (unpaired) electrons. The topological polar surface area (TPSA) is 55.9 Å². The van der Waals surface area contributed by atoms with Crippen molar-refractivity contribution in [3.63, 3.8) is 0 Å². The highest BCUT2D eigenvalue weighted by atomic mass is 15.3. The van der Waals surface area contributed by atoms with E-state index in [1.54, 1.807) is 0 Å². The van der Waals surface area contributed by atoms with Crippen molar-refractivity contribution in [1.82, 2.24) is 9.78 Å². The molecule has 4 heteroatoms. The van der Waals surface area contributed by atoms with Crippen LogP contribution in [0, 0.1) is 6.92 Å². The molecule has 1 atom stereocenters. The van der Waals surface area contributed by atoms with Gasteiger partial charge in [-0.25, -0.2) is 4.68 Å². The van der Waals surface area contributed by atoms with E-state index in [2.05, 4.69) is 31.2 Å². The van der Waals surface area contributed by atoms with Crippen molar-refractivity contribution < 1.29 is 0 Å². The molecule has 0 amide bonds. The maximum atomic E-state index is 6.09. The molecule has 0 aliphatic heterocycles. The van der Waals surface area contributed by atoms with Gasteiger partial charge in [0.1, 0.15) is 5.82 Å². The van der Waals surface area contributed by atoms with Crippen molar-refractivity contribution >= 4 is 11.5 Å². The predicted molar refractivity (Wildman–Crippen MR) is 74.3 cm³/mol. The number of nitrogens with one attached hydrogen (secondary N) is 1. The lowest BCUT2D eigenvalue weighted by Crippen LogP contribution is -2.21. The predicted octanol–water partition coefficient (Wildman–Crippen LogP) is 3.17. The molecule has 1 unspecified atom stereocenters. The molecule has 17 heavy (non-hydrogen) atoms. The van der Waals surface area contributed by atoms with E-state index in [-0.39, 0.29) is 0 Å². The molecule has 0 aliphatic rings. The monoisotopic (exact) mass is 238 g/mol. The van der Waals surface area contributed by atoms with Crippen LogP contribution in [0.25, 0.3) is 0 Å². The van der Waals surface area contributed by atoms with Crippen LogP contribution in [0.15, 0.2) is 0 Å². The third-order valence-electron chi connectivity index (χ3n) is 3.08. The zero-order valence-electron chi connectivity index (χ0n) is 11.6. The molecule has 0 saturated heterocycles. The number of nitrogens with two attached hydrogens (primary N) is 1. The molecule has 1 aromatic heterocycles. The van der Waals surface area contributed by atoms with Gasteiger partial charge in [-0.2, -0.15) is 5.10 Å². The van der Waals surface area contributed by atoms with Crippen molar-refractivity contribution in [3.05, 3.63) is 5.69 Å². The average Bonchev–Trinajstić information content (AvgIpc) is 2.56. The molecule has 0 aromatic carbocycles. The van der Waals surface area contributed by atoms with Gasteiger partial charge in [0, 0.05) is 12.6 Å². The van der Waals surface area contributed by atoms with Crippen LogP contribution < -0.4 is 11.1 Å². The lowest BCUT2D eigenvalue weighted by Gasteiger charge is -2.18. The second kappa shape index (κ2) is 6.52. The molecular formula is C13H26N4. The molecule has 0 aliphatic carbocycles. The minimum atomic E-state index is 0.494. The fraction of sp³-hybridized carbons (Fsp3) is 0.769. The van der Waals surface area contributed by atoms with Crippen molar-refractivity contribution in [1.29, 1.82) is 0 Å². The van der Waals surface area contributed by atoms with Crippen LogP contribution in [0.3, 0.4) is 0 Å². The highest BCUT2D eigenvalue weighted by Crippen LogP contribution is 2.24. The average molecular weight is 238 g/mol. The highest BCUT2D eigenvalue weighted by Gasteiger charge is 2.14. The summed E-state index contributed by atoms with van der Waals surface area (Å²) in [4.78, 5) is 0. The van der Waals surface area contributed by atoms with Gasteiger partial charge >= 0.3 is 0 Å². The van der Waals surface area contributed by atoms with Gasteiger partial charge in [0.05, 0.1) is 11.4 Å². The number of nitrogens with zero attached hydrogens (tertiary/aromatic N) is 2. The van der Waals surface area contributed by atoms with Crippen molar-refractivity contribution in [3.8, 4) is 0 Å². The van der Waals surface area contributed by atoms with Crippen LogP contribution in [-0.4, -0.2) is 15.8 Å². The summed E-state index contributed by atoms with van der Waals surface area (Å²) in [6, 6.07) is 0.494. The van der Waals surface area contributed by atoms with Gasteiger partial charge in [0.25, 0.3) is 0 Å². The van der Waals surface area contributed by atoms with Crippen LogP contribution in [-0.2, 0) is 6.54 Å². The molecule has 0 saturated carbocycles. The first-order valence-electron chi connectivity index (χ1n) is 6.73. The van der Waals surface area contributed by atoms with Crippen molar-refractivity contribution in [2.45, 2.75) is 66.0 Å². The lowest BCUT2D eigenvalue weighted by molar-refractivity contribution is 0.577. The van der Waals surface area contributed by atoms with E-state index in [1.807, 2.05) is 11.6 Å². The summed E-state index contributed by atoms with van der Waals surface area (Å²) < 4.78 is 2.00. The molecule has 1 aromatic rings. The Labute approximate surface area is 105 Å². The fourth-order valence-electron chi connectivity index (χ4n) is 2.04. The molecule has 0 spiro atoms. The molecule has 4 nitrogen and oxygen atoms in total. The van der Waals surface area contributed by atoms with Crippen LogP contribution in [0.2, 0.25) is 0 Å². The maximum Gasteiger partial charge on any atom is 0.148 e. The van der Waals surface area contributed by atoms with Gasteiger partial charge in [0.15, 0.2) is 0 Å². The van der Waals surface area contributed by atoms with E-state index in [1.165, 1.54) is 12.8 Å². The second-order valence-electron chi connectivity index (χ2n) is 4.61. The van der Waals surface area contributed by atoms with Crippen molar-refractivity contribution in [2.24, 2.45) is 0 Å². The first kappa shape index (κ1) is 13.9. The Hall–Kier alpha value is -1.19. The smallest absolute Gasteiger partial charge is 0.148 e. The van der Waals surface area contributed by atoms with Crippen LogP contribution in [0.5, 0.6) is 0 Å². The summed E-state index contributed by atoms with van der Waals surface area (Å²) in [5, 5.41) is 8.02. The van der Waals surface area contributed by atoms with Gasteiger partial charge in [0.2, 0.25) is 0 Å². The number of anilines is 2. The van der Waals surface area contributed by atoms with E-state index >= 15 is 0 Å². The Bertz CT molecular complexity index is 343. The number of hydrogen-bond donors (Lipinski definition) is 2. The zero-order chi connectivity index (χ0) is 12.8. The van der Waals surface area contributed by atoms with Gasteiger partial charge in [-0.15, -0.1) is 0 Å². The molecule has 0 fully saturated rings. The first-order valence-corrected chi connectivity index (χ1v) is 6.73. The molecule has 1 rings (SSSR count).